The van der Waals surface area contributed by atoms with Gasteiger partial charge in [0.05, 0.1) is 22.7 Å². The highest BCUT2D eigenvalue weighted by molar-refractivity contribution is 6.31. The lowest BCUT2D eigenvalue weighted by Crippen LogP contribution is -2.21. The van der Waals surface area contributed by atoms with Crippen LogP contribution in [0.2, 0.25) is 5.02 Å². The van der Waals surface area contributed by atoms with Gasteiger partial charge in [0, 0.05) is 32.8 Å². The molecule has 0 radical (unpaired) electrons. The highest BCUT2D eigenvalue weighted by Gasteiger charge is 2.37. The predicted molar refractivity (Wildman–Crippen MR) is 126 cm³/mol. The molecule has 0 bridgehead atoms. The molecule has 12 heteroatoms. The number of benzene rings is 3. The monoisotopic (exact) mass is 532 g/mol. The van der Waals surface area contributed by atoms with E-state index in [0.717, 1.165) is 12.1 Å². The normalized spacial score (nSPS) is 15.0. The third-order valence-corrected chi connectivity index (χ3v) is 6.20. The van der Waals surface area contributed by atoms with Crippen molar-refractivity contribution in [3.8, 4) is 0 Å². The number of hydrogen-bond acceptors (Lipinski definition) is 4. The van der Waals surface area contributed by atoms with E-state index in [4.69, 9.17) is 17.3 Å². The molecule has 2 heterocycles. The summed E-state index contributed by atoms with van der Waals surface area (Å²) in [6.45, 7) is 0. The Morgan fingerprint density at radius 1 is 1.03 bits per heavy atom. The summed E-state index contributed by atoms with van der Waals surface area (Å²) in [4.78, 5) is 30.2. The summed E-state index contributed by atoms with van der Waals surface area (Å²) >= 11 is 6.28. The summed E-state index contributed by atoms with van der Waals surface area (Å²) in [6, 6.07) is 8.29. The lowest BCUT2D eigenvalue weighted by molar-refractivity contribution is -0.137. The molecule has 4 aromatic rings. The fourth-order valence-electron chi connectivity index (χ4n) is 4.28. The summed E-state index contributed by atoms with van der Waals surface area (Å²) in [7, 11) is 0. The van der Waals surface area contributed by atoms with Crippen LogP contribution in [-0.4, -0.2) is 16.8 Å². The molecule has 0 saturated heterocycles. The van der Waals surface area contributed by atoms with Crippen molar-refractivity contribution in [2.75, 3.05) is 11.1 Å². The number of nitrogens with two attached hydrogens (primary N) is 1. The second-order valence-corrected chi connectivity index (χ2v) is 8.68. The van der Waals surface area contributed by atoms with Crippen LogP contribution in [0.5, 0.6) is 0 Å². The number of nitrogen functional groups attached to an aromatic ring is 1. The maximum absolute atomic E-state index is 14.1. The van der Waals surface area contributed by atoms with Gasteiger partial charge in [-0.05, 0) is 54.6 Å². The Hall–Kier alpha value is -4.25. The number of anilines is 2. The number of carbonyl (C=O) groups is 2. The number of nitrogens with zero attached hydrogens (tertiary/aromatic N) is 1. The first-order valence-corrected chi connectivity index (χ1v) is 11.0. The first kappa shape index (κ1) is 24.4. The van der Waals surface area contributed by atoms with E-state index in [1.165, 1.54) is 18.2 Å². The molecule has 1 unspecified atom stereocenters. The number of alkyl halides is 3. The van der Waals surface area contributed by atoms with Crippen molar-refractivity contribution in [3.63, 3.8) is 0 Å². The van der Waals surface area contributed by atoms with Gasteiger partial charge in [0.1, 0.15) is 17.5 Å². The number of pyridine rings is 1. The Labute approximate surface area is 210 Å². The van der Waals surface area contributed by atoms with Crippen LogP contribution in [0.3, 0.4) is 0 Å². The van der Waals surface area contributed by atoms with E-state index in [9.17, 15) is 31.5 Å². The summed E-state index contributed by atoms with van der Waals surface area (Å²) in [5, 5.41) is 5.62. The van der Waals surface area contributed by atoms with Gasteiger partial charge in [-0.3, -0.25) is 9.59 Å². The van der Waals surface area contributed by atoms with Gasteiger partial charge in [0.15, 0.2) is 0 Å². The minimum Gasteiger partial charge on any atom is -0.384 e. The van der Waals surface area contributed by atoms with E-state index >= 15 is 0 Å². The lowest BCUT2D eigenvalue weighted by atomic mass is 9.93. The zero-order valence-corrected chi connectivity index (χ0v) is 19.1. The maximum Gasteiger partial charge on any atom is 0.416 e. The van der Waals surface area contributed by atoms with E-state index < -0.39 is 46.8 Å². The SMILES string of the molecule is Nc1ccc2c3c(c(NC(=O)c4cc(F)cc(C(F)(F)F)c4)cc2n1)C(c1cc(F)ccc1Cl)NC3=O. The van der Waals surface area contributed by atoms with Gasteiger partial charge in [0.25, 0.3) is 11.8 Å². The molecule has 0 aliphatic carbocycles. The number of rotatable bonds is 3. The van der Waals surface area contributed by atoms with E-state index in [1.807, 2.05) is 0 Å². The smallest absolute Gasteiger partial charge is 0.384 e. The first-order chi connectivity index (χ1) is 17.4. The maximum atomic E-state index is 14.1. The van der Waals surface area contributed by atoms with Gasteiger partial charge in [-0.25, -0.2) is 13.8 Å². The van der Waals surface area contributed by atoms with Gasteiger partial charge in [-0.15, -0.1) is 0 Å². The van der Waals surface area contributed by atoms with Gasteiger partial charge < -0.3 is 16.4 Å². The predicted octanol–water partition coefficient (Wildman–Crippen LogP) is 5.85. The van der Waals surface area contributed by atoms with Crippen LogP contribution >= 0.6 is 11.6 Å². The third kappa shape index (κ3) is 4.42. The molecule has 5 rings (SSSR count). The first-order valence-electron chi connectivity index (χ1n) is 10.6. The van der Waals surface area contributed by atoms with Crippen molar-refractivity contribution < 1.29 is 31.5 Å². The number of carbonyl (C=O) groups excluding carboxylic acids is 2. The van der Waals surface area contributed by atoms with Gasteiger partial charge >= 0.3 is 6.18 Å². The lowest BCUT2D eigenvalue weighted by Gasteiger charge is -2.19. The number of aromatic nitrogens is 1. The van der Waals surface area contributed by atoms with Crippen LogP contribution in [0.15, 0.2) is 54.6 Å². The highest BCUT2D eigenvalue weighted by Crippen LogP contribution is 2.42. The van der Waals surface area contributed by atoms with Crippen molar-refractivity contribution in [1.82, 2.24) is 10.3 Å². The van der Waals surface area contributed by atoms with Gasteiger partial charge in [-0.1, -0.05) is 11.6 Å². The fraction of sp³-hybridized carbons (Fsp3) is 0.0800. The molecule has 0 spiro atoms. The topological polar surface area (TPSA) is 97.1 Å². The third-order valence-electron chi connectivity index (χ3n) is 5.85. The van der Waals surface area contributed by atoms with Crippen molar-refractivity contribution >= 4 is 45.8 Å². The molecule has 1 aromatic heterocycles. The molecular formula is C25H14ClF5N4O2. The molecule has 0 saturated carbocycles. The molecule has 4 N–H and O–H groups in total. The average Bonchev–Trinajstić information content (AvgIpc) is 3.17. The Bertz CT molecular complexity index is 1620. The van der Waals surface area contributed by atoms with Crippen LogP contribution in [-0.2, 0) is 6.18 Å². The molecule has 3 aromatic carbocycles. The molecule has 1 aliphatic rings. The molecular weight excluding hydrogens is 519 g/mol. The van der Waals surface area contributed by atoms with Crippen LogP contribution in [0.1, 0.15) is 43.4 Å². The van der Waals surface area contributed by atoms with Crippen LogP contribution in [0.25, 0.3) is 10.9 Å². The van der Waals surface area contributed by atoms with Crippen molar-refractivity contribution in [3.05, 3.63) is 99.1 Å². The highest BCUT2D eigenvalue weighted by atomic mass is 35.5. The average molecular weight is 533 g/mol. The van der Waals surface area contributed by atoms with Crippen LogP contribution in [0, 0.1) is 11.6 Å². The quantitative estimate of drug-likeness (QED) is 0.288. The second kappa shape index (κ2) is 8.70. The molecule has 1 aliphatic heterocycles. The summed E-state index contributed by atoms with van der Waals surface area (Å²) in [6.07, 6.45) is -4.89. The molecule has 2 amide bonds. The van der Waals surface area contributed by atoms with E-state index in [0.29, 0.717) is 17.5 Å². The van der Waals surface area contributed by atoms with Crippen molar-refractivity contribution in [2.24, 2.45) is 0 Å². The van der Waals surface area contributed by atoms with E-state index in [2.05, 4.69) is 15.6 Å². The van der Waals surface area contributed by atoms with Crippen molar-refractivity contribution in [1.29, 1.82) is 0 Å². The Morgan fingerprint density at radius 2 is 1.78 bits per heavy atom. The molecule has 0 fully saturated rings. The number of amides is 2. The minimum atomic E-state index is -4.89. The number of fused-ring (bicyclic) bond motifs is 3. The molecule has 188 valence electrons. The van der Waals surface area contributed by atoms with Crippen molar-refractivity contribution in [2.45, 2.75) is 12.2 Å². The zero-order valence-electron chi connectivity index (χ0n) is 18.4. The number of hydrogen-bond donors (Lipinski definition) is 3. The number of nitrogens with one attached hydrogen (secondary N) is 2. The fourth-order valence-corrected chi connectivity index (χ4v) is 4.50. The van der Waals surface area contributed by atoms with Crippen LogP contribution in [0.4, 0.5) is 33.5 Å². The van der Waals surface area contributed by atoms with E-state index in [-0.39, 0.29) is 44.8 Å². The molecule has 37 heavy (non-hydrogen) atoms. The van der Waals surface area contributed by atoms with Gasteiger partial charge in [-0.2, -0.15) is 13.2 Å². The van der Waals surface area contributed by atoms with Crippen LogP contribution < -0.4 is 16.4 Å². The largest absolute Gasteiger partial charge is 0.416 e. The standard InChI is InChI=1S/C25H14ClF5N4O2/c26-16-3-1-12(27)8-15(16)22-21-18(9-17-14(2-4-19(32)33-17)20(21)24(37)35-22)34-23(36)10-5-11(25(29,30)31)7-13(28)6-10/h1-9,22H,(H2,32,33)(H,34,36)(H,35,37). The summed E-state index contributed by atoms with van der Waals surface area (Å²) in [5.74, 6) is -3.47. The Balaban J connectivity index is 1.69. The molecule has 1 atom stereocenters. The summed E-state index contributed by atoms with van der Waals surface area (Å²) in [5.41, 5.74) is 4.41. The van der Waals surface area contributed by atoms with E-state index in [1.54, 1.807) is 6.07 Å². The second-order valence-electron chi connectivity index (χ2n) is 8.27. The van der Waals surface area contributed by atoms with Gasteiger partial charge in [0.2, 0.25) is 0 Å². The number of halogens is 6. The Kier molecular flexibility index (Phi) is 5.75. The Morgan fingerprint density at radius 3 is 2.51 bits per heavy atom. The minimum absolute atomic E-state index is 0.0351. The summed E-state index contributed by atoms with van der Waals surface area (Å²) < 4.78 is 67.5. The molecule has 6 nitrogen and oxygen atoms in total. The zero-order chi connectivity index (χ0) is 26.6.